The highest BCUT2D eigenvalue weighted by atomic mass is 16.5. The summed E-state index contributed by atoms with van der Waals surface area (Å²) in [4.78, 5) is 13.3. The molecule has 0 radical (unpaired) electrons. The number of terminal acetylenes is 1. The Morgan fingerprint density at radius 2 is 2.38 bits per heavy atom. The topological polar surface area (TPSA) is 55.6 Å². The molecule has 0 unspecified atom stereocenters. The van der Waals surface area contributed by atoms with Crippen LogP contribution in [0.1, 0.15) is 19.3 Å². The first-order chi connectivity index (χ1) is 7.74. The number of carbonyl (C=O) groups is 1. The predicted octanol–water partition coefficient (Wildman–Crippen LogP) is 0.490. The summed E-state index contributed by atoms with van der Waals surface area (Å²) in [6, 6.07) is -0.0138. The SMILES string of the molecule is C#CCN1C(=O)C=C(OC)[C@H]1CCCCN. The van der Waals surface area contributed by atoms with Crippen molar-refractivity contribution < 1.29 is 9.53 Å². The molecular weight excluding hydrogens is 204 g/mol. The molecule has 0 bridgehead atoms. The Balaban J connectivity index is 2.63. The fraction of sp³-hybridized carbons (Fsp3) is 0.583. The van der Waals surface area contributed by atoms with Gasteiger partial charge in [0.25, 0.3) is 5.91 Å². The van der Waals surface area contributed by atoms with E-state index in [1.54, 1.807) is 12.0 Å². The number of unbranched alkanes of at least 4 members (excludes halogenated alkanes) is 1. The van der Waals surface area contributed by atoms with Gasteiger partial charge in [-0.15, -0.1) is 6.42 Å². The molecule has 1 rings (SSSR count). The molecule has 1 aliphatic rings. The number of methoxy groups -OCH3 is 1. The number of nitrogens with two attached hydrogens (primary N) is 1. The van der Waals surface area contributed by atoms with E-state index in [1.807, 2.05) is 0 Å². The molecule has 4 nitrogen and oxygen atoms in total. The molecule has 2 N–H and O–H groups in total. The lowest BCUT2D eigenvalue weighted by atomic mass is 10.1. The van der Waals surface area contributed by atoms with Crippen molar-refractivity contribution in [3.8, 4) is 12.3 Å². The van der Waals surface area contributed by atoms with E-state index in [0.717, 1.165) is 19.3 Å². The molecule has 1 aliphatic heterocycles. The summed E-state index contributed by atoms with van der Waals surface area (Å²) >= 11 is 0. The minimum absolute atomic E-state index is 0.0138. The number of rotatable bonds is 6. The Morgan fingerprint density at radius 1 is 1.62 bits per heavy atom. The summed E-state index contributed by atoms with van der Waals surface area (Å²) in [5.41, 5.74) is 5.44. The lowest BCUT2D eigenvalue weighted by molar-refractivity contribution is -0.125. The Kier molecular flexibility index (Phi) is 4.87. The van der Waals surface area contributed by atoms with Crippen molar-refractivity contribution in [2.45, 2.75) is 25.3 Å². The summed E-state index contributed by atoms with van der Waals surface area (Å²) < 4.78 is 5.20. The zero-order chi connectivity index (χ0) is 12.0. The van der Waals surface area contributed by atoms with Crippen LogP contribution in [0.3, 0.4) is 0 Å². The number of ether oxygens (including phenoxy) is 1. The van der Waals surface area contributed by atoms with Crippen LogP contribution in [-0.2, 0) is 9.53 Å². The maximum atomic E-state index is 11.6. The molecule has 0 saturated carbocycles. The van der Waals surface area contributed by atoms with Crippen LogP contribution in [0.2, 0.25) is 0 Å². The fourth-order valence-corrected chi connectivity index (χ4v) is 1.87. The Bertz CT molecular complexity index is 317. The third-order valence-electron chi connectivity index (χ3n) is 2.68. The van der Waals surface area contributed by atoms with Crippen molar-refractivity contribution in [1.29, 1.82) is 0 Å². The van der Waals surface area contributed by atoms with Gasteiger partial charge in [0, 0.05) is 6.08 Å². The van der Waals surface area contributed by atoms with Gasteiger partial charge in [-0.3, -0.25) is 4.79 Å². The zero-order valence-corrected chi connectivity index (χ0v) is 9.61. The number of hydrogen-bond donors (Lipinski definition) is 1. The van der Waals surface area contributed by atoms with Crippen LogP contribution in [0.25, 0.3) is 0 Å². The average molecular weight is 222 g/mol. The highest BCUT2D eigenvalue weighted by molar-refractivity contribution is 5.91. The second-order valence-electron chi connectivity index (χ2n) is 3.72. The van der Waals surface area contributed by atoms with Crippen LogP contribution in [0.5, 0.6) is 0 Å². The Morgan fingerprint density at radius 3 is 2.94 bits per heavy atom. The van der Waals surface area contributed by atoms with Crippen molar-refractivity contribution in [3.05, 3.63) is 11.8 Å². The van der Waals surface area contributed by atoms with E-state index in [4.69, 9.17) is 16.9 Å². The number of hydrogen-bond acceptors (Lipinski definition) is 3. The minimum atomic E-state index is -0.0625. The maximum absolute atomic E-state index is 11.6. The second-order valence-corrected chi connectivity index (χ2v) is 3.72. The standard InChI is InChI=1S/C12H18N2O2/c1-3-8-14-10(6-4-5-7-13)11(16-2)9-12(14)15/h1,9-10H,4-8,13H2,2H3/t10-/m1/s1. The van der Waals surface area contributed by atoms with Gasteiger partial charge in [-0.05, 0) is 25.8 Å². The summed E-state index contributed by atoms with van der Waals surface area (Å²) in [6.07, 6.45) is 9.53. The minimum Gasteiger partial charge on any atom is -0.499 e. The monoisotopic (exact) mass is 222 g/mol. The first kappa shape index (κ1) is 12.6. The molecular formula is C12H18N2O2. The third kappa shape index (κ3) is 2.77. The van der Waals surface area contributed by atoms with Crippen LogP contribution < -0.4 is 5.73 Å². The molecule has 0 aliphatic carbocycles. The van der Waals surface area contributed by atoms with Gasteiger partial charge < -0.3 is 15.4 Å². The van der Waals surface area contributed by atoms with Gasteiger partial charge in [0.15, 0.2) is 0 Å². The second kappa shape index (κ2) is 6.19. The number of nitrogens with zero attached hydrogens (tertiary/aromatic N) is 1. The third-order valence-corrected chi connectivity index (χ3v) is 2.68. The van der Waals surface area contributed by atoms with Crippen molar-refractivity contribution in [1.82, 2.24) is 4.90 Å². The maximum Gasteiger partial charge on any atom is 0.251 e. The molecule has 1 atom stereocenters. The van der Waals surface area contributed by atoms with Crippen molar-refractivity contribution in [3.63, 3.8) is 0 Å². The summed E-state index contributed by atoms with van der Waals surface area (Å²) in [5.74, 6) is 3.14. The van der Waals surface area contributed by atoms with Crippen molar-refractivity contribution in [2.24, 2.45) is 5.73 Å². The Hall–Kier alpha value is -1.47. The molecule has 0 spiro atoms. The Labute approximate surface area is 96.4 Å². The number of amides is 1. The van der Waals surface area contributed by atoms with Crippen LogP contribution >= 0.6 is 0 Å². The molecule has 16 heavy (non-hydrogen) atoms. The molecule has 88 valence electrons. The number of carbonyl (C=O) groups excluding carboxylic acids is 1. The van der Waals surface area contributed by atoms with Crippen LogP contribution in [0.4, 0.5) is 0 Å². The van der Waals surface area contributed by atoms with E-state index >= 15 is 0 Å². The van der Waals surface area contributed by atoms with Gasteiger partial charge in [0.2, 0.25) is 0 Å². The van der Waals surface area contributed by atoms with Gasteiger partial charge in [-0.1, -0.05) is 5.92 Å². The van der Waals surface area contributed by atoms with E-state index in [2.05, 4.69) is 5.92 Å². The molecule has 1 amide bonds. The summed E-state index contributed by atoms with van der Waals surface area (Å²) in [5, 5.41) is 0. The van der Waals surface area contributed by atoms with Crippen LogP contribution in [0, 0.1) is 12.3 Å². The fourth-order valence-electron chi connectivity index (χ4n) is 1.87. The smallest absolute Gasteiger partial charge is 0.251 e. The largest absolute Gasteiger partial charge is 0.499 e. The predicted molar refractivity (Wildman–Crippen MR) is 62.3 cm³/mol. The van der Waals surface area contributed by atoms with Crippen molar-refractivity contribution >= 4 is 5.91 Å². The lowest BCUT2D eigenvalue weighted by Crippen LogP contribution is -2.36. The van der Waals surface area contributed by atoms with Crippen LogP contribution in [0.15, 0.2) is 11.8 Å². The summed E-state index contributed by atoms with van der Waals surface area (Å²) in [7, 11) is 1.58. The van der Waals surface area contributed by atoms with Gasteiger partial charge in [-0.25, -0.2) is 0 Å². The van der Waals surface area contributed by atoms with E-state index in [-0.39, 0.29) is 11.9 Å². The van der Waals surface area contributed by atoms with E-state index in [1.165, 1.54) is 6.08 Å². The van der Waals surface area contributed by atoms with Crippen LogP contribution in [-0.4, -0.2) is 37.0 Å². The molecule has 0 aromatic heterocycles. The first-order valence-corrected chi connectivity index (χ1v) is 5.44. The highest BCUT2D eigenvalue weighted by Crippen LogP contribution is 2.24. The molecule has 0 fully saturated rings. The average Bonchev–Trinajstić information content (AvgIpc) is 2.58. The van der Waals surface area contributed by atoms with E-state index in [9.17, 15) is 4.79 Å². The van der Waals surface area contributed by atoms with Gasteiger partial charge >= 0.3 is 0 Å². The van der Waals surface area contributed by atoms with Crippen molar-refractivity contribution in [2.75, 3.05) is 20.2 Å². The zero-order valence-electron chi connectivity index (χ0n) is 9.61. The quantitative estimate of drug-likeness (QED) is 0.525. The lowest BCUT2D eigenvalue weighted by Gasteiger charge is -2.24. The van der Waals surface area contributed by atoms with Gasteiger partial charge in [-0.2, -0.15) is 0 Å². The van der Waals surface area contributed by atoms with Gasteiger partial charge in [0.05, 0.1) is 19.7 Å². The first-order valence-electron chi connectivity index (χ1n) is 5.44. The molecule has 0 aromatic rings. The molecule has 1 heterocycles. The van der Waals surface area contributed by atoms with E-state index in [0.29, 0.717) is 18.8 Å². The molecule has 0 saturated heterocycles. The van der Waals surface area contributed by atoms with E-state index < -0.39 is 0 Å². The molecule has 0 aromatic carbocycles. The normalized spacial score (nSPS) is 19.6. The summed E-state index contributed by atoms with van der Waals surface area (Å²) in [6.45, 7) is 0.997. The molecule has 4 heteroatoms. The van der Waals surface area contributed by atoms with Gasteiger partial charge in [0.1, 0.15) is 5.76 Å². The highest BCUT2D eigenvalue weighted by Gasteiger charge is 2.32.